The molecule has 1 aliphatic heterocycles. The van der Waals surface area contributed by atoms with Gasteiger partial charge in [-0.25, -0.2) is 9.97 Å². The van der Waals surface area contributed by atoms with Gasteiger partial charge in [-0.1, -0.05) is 12.1 Å². The van der Waals surface area contributed by atoms with Crippen molar-refractivity contribution in [1.29, 1.82) is 0 Å². The molecule has 2 heterocycles. The van der Waals surface area contributed by atoms with E-state index >= 15 is 0 Å². The molecule has 3 rings (SSSR count). The van der Waals surface area contributed by atoms with Gasteiger partial charge >= 0.3 is 0 Å². The van der Waals surface area contributed by atoms with Crippen LogP contribution in [0, 0.1) is 5.92 Å². The van der Waals surface area contributed by atoms with Gasteiger partial charge in [-0.15, -0.1) is 0 Å². The van der Waals surface area contributed by atoms with E-state index in [9.17, 15) is 4.79 Å². The Balaban J connectivity index is 1.91. The number of amides is 1. The lowest BCUT2D eigenvalue weighted by atomic mass is 9.96. The number of anilines is 1. The fourth-order valence-corrected chi connectivity index (χ4v) is 2.69. The van der Waals surface area contributed by atoms with E-state index in [2.05, 4.69) is 14.9 Å². The van der Waals surface area contributed by atoms with Gasteiger partial charge < -0.3 is 15.4 Å². The molecule has 0 radical (unpaired) electrons. The maximum atomic E-state index is 11.2. The molecule has 21 heavy (non-hydrogen) atoms. The van der Waals surface area contributed by atoms with Gasteiger partial charge in [0.05, 0.1) is 18.1 Å². The average molecular weight is 286 g/mol. The van der Waals surface area contributed by atoms with Gasteiger partial charge in [0, 0.05) is 19.0 Å². The lowest BCUT2D eigenvalue weighted by Crippen LogP contribution is -2.39. The molecule has 0 atom stereocenters. The molecule has 0 spiro atoms. The lowest BCUT2D eigenvalue weighted by molar-refractivity contribution is -0.122. The van der Waals surface area contributed by atoms with E-state index in [0.29, 0.717) is 5.88 Å². The molecule has 2 N–H and O–H groups in total. The van der Waals surface area contributed by atoms with Crippen LogP contribution in [0.4, 0.5) is 5.82 Å². The van der Waals surface area contributed by atoms with Gasteiger partial charge in [-0.05, 0) is 25.0 Å². The number of fused-ring (bicyclic) bond motifs is 1. The molecular weight excluding hydrogens is 268 g/mol. The van der Waals surface area contributed by atoms with Crippen LogP contribution in [0.1, 0.15) is 12.8 Å². The number of hydrogen-bond donors (Lipinski definition) is 1. The van der Waals surface area contributed by atoms with Gasteiger partial charge in [0.2, 0.25) is 5.91 Å². The Kier molecular flexibility index (Phi) is 3.60. The summed E-state index contributed by atoms with van der Waals surface area (Å²) in [5.74, 6) is 0.997. The van der Waals surface area contributed by atoms with E-state index < -0.39 is 0 Å². The zero-order valence-corrected chi connectivity index (χ0v) is 12.0. The van der Waals surface area contributed by atoms with Crippen LogP contribution >= 0.6 is 0 Å². The minimum absolute atomic E-state index is 0.0411. The fourth-order valence-electron chi connectivity index (χ4n) is 2.69. The van der Waals surface area contributed by atoms with Crippen molar-refractivity contribution in [2.45, 2.75) is 12.8 Å². The Morgan fingerprint density at radius 1 is 1.24 bits per heavy atom. The van der Waals surface area contributed by atoms with E-state index in [1.54, 1.807) is 7.11 Å². The molecule has 0 saturated carbocycles. The second-order valence-corrected chi connectivity index (χ2v) is 5.21. The summed E-state index contributed by atoms with van der Waals surface area (Å²) < 4.78 is 5.37. The third kappa shape index (κ3) is 2.61. The summed E-state index contributed by atoms with van der Waals surface area (Å²) in [6.45, 7) is 1.47. The number of nitrogens with two attached hydrogens (primary N) is 1. The predicted molar refractivity (Wildman–Crippen MR) is 80.2 cm³/mol. The van der Waals surface area contributed by atoms with Crippen molar-refractivity contribution in [3.8, 4) is 5.88 Å². The third-order valence-electron chi connectivity index (χ3n) is 3.91. The fraction of sp³-hybridized carbons (Fsp3) is 0.400. The summed E-state index contributed by atoms with van der Waals surface area (Å²) in [7, 11) is 1.60. The minimum Gasteiger partial charge on any atom is -0.478 e. The first-order valence-corrected chi connectivity index (χ1v) is 7.04. The monoisotopic (exact) mass is 286 g/mol. The second kappa shape index (κ2) is 5.55. The highest BCUT2D eigenvalue weighted by Gasteiger charge is 2.26. The number of nitrogens with zero attached hydrogens (tertiary/aromatic N) is 3. The normalized spacial score (nSPS) is 16.1. The number of piperidine rings is 1. The molecule has 0 bridgehead atoms. The minimum atomic E-state index is -0.216. The van der Waals surface area contributed by atoms with Crippen molar-refractivity contribution in [3.05, 3.63) is 24.3 Å². The number of benzene rings is 1. The van der Waals surface area contributed by atoms with Crippen LogP contribution in [-0.4, -0.2) is 36.1 Å². The Morgan fingerprint density at radius 3 is 2.43 bits per heavy atom. The Hall–Kier alpha value is -2.37. The number of aromatic nitrogens is 2. The molecule has 1 aromatic carbocycles. The quantitative estimate of drug-likeness (QED) is 0.920. The Morgan fingerprint density at radius 2 is 1.86 bits per heavy atom. The molecule has 6 nitrogen and oxygen atoms in total. The number of hydrogen-bond acceptors (Lipinski definition) is 5. The van der Waals surface area contributed by atoms with E-state index in [1.165, 1.54) is 0 Å². The SMILES string of the molecule is COc1nc2ccccc2nc1N1CCC(C(N)=O)CC1. The standard InChI is InChI=1S/C15H18N4O2/c1-21-15-14(17-11-4-2-3-5-12(11)18-15)19-8-6-10(7-9-19)13(16)20/h2-5,10H,6-9H2,1H3,(H2,16,20). The van der Waals surface area contributed by atoms with Crippen molar-refractivity contribution >= 4 is 22.8 Å². The van der Waals surface area contributed by atoms with E-state index in [0.717, 1.165) is 42.8 Å². The van der Waals surface area contributed by atoms with E-state index in [-0.39, 0.29) is 11.8 Å². The van der Waals surface area contributed by atoms with Crippen molar-refractivity contribution in [3.63, 3.8) is 0 Å². The summed E-state index contributed by atoms with van der Waals surface area (Å²) in [5, 5.41) is 0. The van der Waals surface area contributed by atoms with Gasteiger partial charge in [-0.2, -0.15) is 0 Å². The third-order valence-corrected chi connectivity index (χ3v) is 3.91. The highest BCUT2D eigenvalue weighted by molar-refractivity contribution is 5.78. The number of para-hydroxylation sites is 2. The number of rotatable bonds is 3. The molecule has 1 aromatic heterocycles. The molecule has 0 aliphatic carbocycles. The molecular formula is C15H18N4O2. The molecule has 2 aromatic rings. The van der Waals surface area contributed by atoms with Crippen molar-refractivity contribution in [2.24, 2.45) is 11.7 Å². The van der Waals surface area contributed by atoms with Gasteiger partial charge in [0.25, 0.3) is 5.88 Å². The summed E-state index contributed by atoms with van der Waals surface area (Å²) >= 11 is 0. The van der Waals surface area contributed by atoms with Crippen LogP contribution in [-0.2, 0) is 4.79 Å². The number of ether oxygens (including phenoxy) is 1. The highest BCUT2D eigenvalue weighted by Crippen LogP contribution is 2.30. The summed E-state index contributed by atoms with van der Waals surface area (Å²) in [6, 6.07) is 7.70. The predicted octanol–water partition coefficient (Wildman–Crippen LogP) is 1.34. The summed E-state index contributed by atoms with van der Waals surface area (Å²) in [4.78, 5) is 22.5. The maximum Gasteiger partial charge on any atom is 0.257 e. The first-order chi connectivity index (χ1) is 10.2. The number of carbonyl (C=O) groups excluding carboxylic acids is 1. The second-order valence-electron chi connectivity index (χ2n) is 5.21. The van der Waals surface area contributed by atoms with E-state index in [1.807, 2.05) is 24.3 Å². The summed E-state index contributed by atoms with van der Waals surface area (Å²) in [5.41, 5.74) is 7.02. The Bertz CT molecular complexity index is 666. The highest BCUT2D eigenvalue weighted by atomic mass is 16.5. The zero-order valence-electron chi connectivity index (χ0n) is 12.0. The van der Waals surface area contributed by atoms with Gasteiger partial charge in [0.1, 0.15) is 0 Å². The van der Waals surface area contributed by atoms with E-state index in [4.69, 9.17) is 10.5 Å². The lowest BCUT2D eigenvalue weighted by Gasteiger charge is -2.31. The van der Waals surface area contributed by atoms with Gasteiger partial charge in [0.15, 0.2) is 5.82 Å². The largest absolute Gasteiger partial charge is 0.478 e. The topological polar surface area (TPSA) is 81.3 Å². The number of carbonyl (C=O) groups is 1. The molecule has 110 valence electrons. The van der Waals surface area contributed by atoms with Crippen LogP contribution in [0.3, 0.4) is 0 Å². The zero-order chi connectivity index (χ0) is 14.8. The first-order valence-electron chi connectivity index (χ1n) is 7.04. The van der Waals surface area contributed by atoms with Crippen LogP contribution in [0.25, 0.3) is 11.0 Å². The smallest absolute Gasteiger partial charge is 0.257 e. The molecule has 0 unspecified atom stereocenters. The molecule has 6 heteroatoms. The Labute approximate surface area is 122 Å². The maximum absolute atomic E-state index is 11.2. The summed E-state index contributed by atoms with van der Waals surface area (Å²) in [6.07, 6.45) is 1.49. The van der Waals surface area contributed by atoms with Crippen LogP contribution < -0.4 is 15.4 Å². The van der Waals surface area contributed by atoms with Crippen LogP contribution in [0.15, 0.2) is 24.3 Å². The molecule has 1 amide bonds. The van der Waals surface area contributed by atoms with Crippen molar-refractivity contribution in [1.82, 2.24) is 9.97 Å². The average Bonchev–Trinajstić information content (AvgIpc) is 2.53. The molecule has 1 saturated heterocycles. The van der Waals surface area contributed by atoms with Crippen LogP contribution in [0.5, 0.6) is 5.88 Å². The van der Waals surface area contributed by atoms with Crippen molar-refractivity contribution in [2.75, 3.05) is 25.1 Å². The van der Waals surface area contributed by atoms with Crippen LogP contribution in [0.2, 0.25) is 0 Å². The first kappa shape index (κ1) is 13.6. The van der Waals surface area contributed by atoms with Crippen molar-refractivity contribution < 1.29 is 9.53 Å². The number of primary amides is 1. The number of methoxy groups -OCH3 is 1. The molecule has 1 aliphatic rings. The van der Waals surface area contributed by atoms with Gasteiger partial charge in [-0.3, -0.25) is 4.79 Å². The molecule has 1 fully saturated rings.